The van der Waals surface area contributed by atoms with Crippen molar-refractivity contribution < 1.29 is 51.0 Å². The standard InChI is InChI=1S/C23H34F4N7O7PS/c1-10(2)39-19(36)12(5)32-42(43,33-13(6)20(37)40-11(3)4)38-7-22(21(24)25)23(26,27)15(35)18(41-22)34-9-31-14-16(28)29-8-30-17(14)34/h8-13,15,18,21,35H,7H2,1-6H3,(H2,28,29,30)(H2,32,33,43)/t12-,13-,15-,18+,22-/m0/s1. The summed E-state index contributed by atoms with van der Waals surface area (Å²) in [4.78, 5) is 36.4. The van der Waals surface area contributed by atoms with Crippen molar-refractivity contribution in [2.24, 2.45) is 0 Å². The molecule has 0 unspecified atom stereocenters. The van der Waals surface area contributed by atoms with Crippen LogP contribution in [0, 0.1) is 0 Å². The summed E-state index contributed by atoms with van der Waals surface area (Å²) < 4.78 is 82.3. The monoisotopic (exact) mass is 659 g/mol. The number of ether oxygens (including phenoxy) is 3. The summed E-state index contributed by atoms with van der Waals surface area (Å²) in [5, 5.41) is 15.7. The average molecular weight is 660 g/mol. The van der Waals surface area contributed by atoms with E-state index < -0.39 is 79.7 Å². The van der Waals surface area contributed by atoms with Gasteiger partial charge in [0.05, 0.1) is 25.1 Å². The van der Waals surface area contributed by atoms with Crippen LogP contribution in [-0.2, 0) is 40.1 Å². The summed E-state index contributed by atoms with van der Waals surface area (Å²) in [6.45, 7) is 3.34. The summed E-state index contributed by atoms with van der Waals surface area (Å²) in [5.74, 6) is -6.39. The van der Waals surface area contributed by atoms with E-state index in [9.17, 15) is 23.5 Å². The predicted molar refractivity (Wildman–Crippen MR) is 147 cm³/mol. The van der Waals surface area contributed by atoms with Crippen LogP contribution in [0.2, 0.25) is 0 Å². The van der Waals surface area contributed by atoms with Gasteiger partial charge in [0.1, 0.15) is 23.9 Å². The second kappa shape index (κ2) is 13.2. The highest BCUT2D eigenvalue weighted by Crippen LogP contribution is 2.54. The number of nitrogens with one attached hydrogen (secondary N) is 2. The molecule has 3 heterocycles. The minimum Gasteiger partial charge on any atom is -0.462 e. The number of nitrogens with zero attached hydrogens (tertiary/aromatic N) is 4. The number of anilines is 1. The Morgan fingerprint density at radius 2 is 1.63 bits per heavy atom. The Morgan fingerprint density at radius 3 is 2.12 bits per heavy atom. The minimum atomic E-state index is -4.63. The summed E-state index contributed by atoms with van der Waals surface area (Å²) in [5.41, 5.74) is 1.76. The second-order valence-corrected chi connectivity index (χ2v) is 13.8. The average Bonchev–Trinajstić information content (AvgIpc) is 3.40. The van der Waals surface area contributed by atoms with Crippen LogP contribution in [0.25, 0.3) is 11.2 Å². The van der Waals surface area contributed by atoms with Crippen molar-refractivity contribution in [3.05, 3.63) is 12.7 Å². The van der Waals surface area contributed by atoms with Crippen LogP contribution in [-0.4, -0.2) is 91.5 Å². The Morgan fingerprint density at radius 1 is 1.09 bits per heavy atom. The van der Waals surface area contributed by atoms with E-state index in [2.05, 4.69) is 25.1 Å². The number of esters is 2. The van der Waals surface area contributed by atoms with Gasteiger partial charge in [0.15, 0.2) is 30.4 Å². The third-order valence-corrected chi connectivity index (χ3v) is 9.05. The zero-order chi connectivity index (χ0) is 32.5. The predicted octanol–water partition coefficient (Wildman–Crippen LogP) is 2.04. The van der Waals surface area contributed by atoms with E-state index in [0.29, 0.717) is 0 Å². The number of carbonyl (C=O) groups excluding carboxylic acids is 2. The number of aliphatic hydroxyl groups excluding tert-OH is 1. The first-order valence-corrected chi connectivity index (χ1v) is 15.7. The van der Waals surface area contributed by atoms with E-state index in [1.807, 2.05) is 0 Å². The number of nitrogens with two attached hydrogens (primary N) is 1. The molecule has 0 aromatic carbocycles. The number of alkyl halides is 4. The molecule has 242 valence electrons. The molecule has 1 saturated heterocycles. The molecule has 0 aliphatic carbocycles. The van der Waals surface area contributed by atoms with Gasteiger partial charge < -0.3 is 29.6 Å². The van der Waals surface area contributed by atoms with Crippen molar-refractivity contribution in [3.63, 3.8) is 0 Å². The molecule has 3 rings (SSSR count). The smallest absolute Gasteiger partial charge is 0.323 e. The maximum Gasteiger partial charge on any atom is 0.323 e. The van der Waals surface area contributed by atoms with Crippen LogP contribution >= 0.6 is 6.57 Å². The second-order valence-electron chi connectivity index (χ2n) is 10.3. The van der Waals surface area contributed by atoms with Crippen LogP contribution in [0.1, 0.15) is 47.8 Å². The lowest BCUT2D eigenvalue weighted by molar-refractivity contribution is -0.241. The van der Waals surface area contributed by atoms with E-state index in [-0.39, 0.29) is 17.0 Å². The maximum atomic E-state index is 15.6. The third-order valence-electron chi connectivity index (χ3n) is 6.15. The summed E-state index contributed by atoms with van der Waals surface area (Å²) in [6.07, 6.45) is -8.04. The molecule has 0 saturated carbocycles. The first-order chi connectivity index (χ1) is 19.8. The quantitative estimate of drug-likeness (QED) is 0.139. The molecule has 0 amide bonds. The Kier molecular flexibility index (Phi) is 10.7. The van der Waals surface area contributed by atoms with Crippen LogP contribution in [0.4, 0.5) is 23.4 Å². The molecule has 2 aromatic heterocycles. The van der Waals surface area contributed by atoms with Gasteiger partial charge in [-0.3, -0.25) is 14.2 Å². The maximum absolute atomic E-state index is 15.6. The largest absolute Gasteiger partial charge is 0.462 e. The Hall–Kier alpha value is -2.54. The van der Waals surface area contributed by atoms with E-state index in [4.69, 9.17) is 36.3 Å². The van der Waals surface area contributed by atoms with Crippen LogP contribution in [0.5, 0.6) is 0 Å². The highest BCUT2D eigenvalue weighted by Gasteiger charge is 2.74. The number of aromatic nitrogens is 4. The number of aliphatic hydroxyl groups is 1. The van der Waals surface area contributed by atoms with Crippen molar-refractivity contribution in [1.29, 1.82) is 0 Å². The van der Waals surface area contributed by atoms with Crippen LogP contribution in [0.3, 0.4) is 0 Å². The fourth-order valence-corrected chi connectivity index (χ4v) is 6.96. The summed E-state index contributed by atoms with van der Waals surface area (Å²) >= 11 is 5.48. The zero-order valence-electron chi connectivity index (χ0n) is 24.0. The molecule has 1 aliphatic rings. The molecule has 2 aromatic rings. The summed E-state index contributed by atoms with van der Waals surface area (Å²) in [6, 6.07) is -2.47. The molecular formula is C23H34F4N7O7PS. The normalized spacial score (nSPS) is 23.7. The summed E-state index contributed by atoms with van der Waals surface area (Å²) in [7, 11) is 0. The van der Waals surface area contributed by atoms with Gasteiger partial charge in [0.2, 0.25) is 5.60 Å². The van der Waals surface area contributed by atoms with Gasteiger partial charge in [0.25, 0.3) is 6.43 Å². The lowest BCUT2D eigenvalue weighted by atomic mass is 9.95. The molecule has 43 heavy (non-hydrogen) atoms. The van der Waals surface area contributed by atoms with Crippen molar-refractivity contribution in [2.45, 2.75) is 96.1 Å². The Labute approximate surface area is 249 Å². The number of hydrogen-bond acceptors (Lipinski definition) is 12. The number of hydrogen-bond donors (Lipinski definition) is 4. The highest BCUT2D eigenvalue weighted by molar-refractivity contribution is 8.10. The molecule has 20 heteroatoms. The Balaban J connectivity index is 1.96. The fraction of sp³-hybridized carbons (Fsp3) is 0.696. The van der Waals surface area contributed by atoms with Crippen molar-refractivity contribution in [3.8, 4) is 0 Å². The van der Waals surface area contributed by atoms with Crippen LogP contribution < -0.4 is 15.9 Å². The van der Waals surface area contributed by atoms with Gasteiger partial charge in [-0.25, -0.2) is 33.9 Å². The van der Waals surface area contributed by atoms with Gasteiger partial charge in [-0.05, 0) is 53.3 Å². The fourth-order valence-electron chi connectivity index (χ4n) is 4.03. The molecule has 0 bridgehead atoms. The number of halogens is 4. The van der Waals surface area contributed by atoms with Gasteiger partial charge in [0, 0.05) is 0 Å². The number of fused-ring (bicyclic) bond motifs is 1. The zero-order valence-corrected chi connectivity index (χ0v) is 25.7. The van der Waals surface area contributed by atoms with Crippen molar-refractivity contribution in [1.82, 2.24) is 29.7 Å². The van der Waals surface area contributed by atoms with E-state index in [1.54, 1.807) is 27.7 Å². The molecule has 1 aliphatic heterocycles. The first-order valence-electron chi connectivity index (χ1n) is 13.0. The molecule has 0 spiro atoms. The molecule has 1 fully saturated rings. The lowest BCUT2D eigenvalue weighted by Crippen LogP contribution is -2.58. The SMILES string of the molecule is CC(C)OC(=O)[C@H](C)NP(=S)(N[C@@H](C)C(=O)OC(C)C)OC[C@@]1(C(F)F)O[C@@H](n2cnc3c(N)ncnc32)[C@H](O)C1(F)F. The lowest BCUT2D eigenvalue weighted by Gasteiger charge is -2.36. The molecule has 0 radical (unpaired) electrons. The van der Waals surface area contributed by atoms with Crippen LogP contribution in [0.15, 0.2) is 12.7 Å². The first kappa shape index (κ1) is 34.9. The van der Waals surface area contributed by atoms with Crippen molar-refractivity contribution >= 4 is 47.3 Å². The van der Waals surface area contributed by atoms with Gasteiger partial charge in [-0.2, -0.15) is 8.78 Å². The molecular weight excluding hydrogens is 625 g/mol. The van der Waals surface area contributed by atoms with E-state index in [0.717, 1.165) is 17.2 Å². The number of imidazole rings is 1. The van der Waals surface area contributed by atoms with Gasteiger partial charge in [-0.15, -0.1) is 0 Å². The highest BCUT2D eigenvalue weighted by atomic mass is 32.4. The molecule has 5 N–H and O–H groups in total. The van der Waals surface area contributed by atoms with E-state index in [1.165, 1.54) is 13.8 Å². The Bertz CT molecular complexity index is 1340. The van der Waals surface area contributed by atoms with E-state index >= 15 is 8.78 Å². The third kappa shape index (κ3) is 7.24. The number of carbonyl (C=O) groups is 2. The number of nitrogen functional groups attached to an aromatic ring is 1. The van der Waals surface area contributed by atoms with Crippen molar-refractivity contribution in [2.75, 3.05) is 12.3 Å². The minimum absolute atomic E-state index is 0.0409. The molecule has 5 atom stereocenters. The van der Waals surface area contributed by atoms with Gasteiger partial charge >= 0.3 is 17.9 Å². The topological polar surface area (TPSA) is 185 Å². The number of rotatable bonds is 13. The molecule has 14 nitrogen and oxygen atoms in total. The van der Waals surface area contributed by atoms with Gasteiger partial charge in [-0.1, -0.05) is 0 Å².